The van der Waals surface area contributed by atoms with Crippen molar-refractivity contribution in [1.82, 2.24) is 0 Å². The Bertz CT molecular complexity index is 503. The molecule has 0 spiro atoms. The summed E-state index contributed by atoms with van der Waals surface area (Å²) in [5.74, 6) is -1.49. The topological polar surface area (TPSA) is 155 Å². The van der Waals surface area contributed by atoms with E-state index < -0.39 is 30.9 Å². The second-order valence-electron chi connectivity index (χ2n) is 3.50. The van der Waals surface area contributed by atoms with E-state index in [-0.39, 0.29) is 11.3 Å². The van der Waals surface area contributed by atoms with E-state index in [1.54, 1.807) is 0 Å². The fourth-order valence-electron chi connectivity index (χ4n) is 1.26. The van der Waals surface area contributed by atoms with Crippen molar-refractivity contribution < 1.29 is 46.9 Å². The van der Waals surface area contributed by atoms with Gasteiger partial charge in [-0.25, -0.2) is 0 Å². The third kappa shape index (κ3) is 4.00. The second-order valence-corrected chi connectivity index (χ2v) is 8.60. The molecule has 0 radical (unpaired) electrons. The summed E-state index contributed by atoms with van der Waals surface area (Å²) < 4.78 is 18.1. The van der Waals surface area contributed by atoms with Gasteiger partial charge in [0.2, 0.25) is 0 Å². The van der Waals surface area contributed by atoms with Gasteiger partial charge < -0.3 is 0 Å². The van der Waals surface area contributed by atoms with E-state index in [1.165, 1.54) is 24.3 Å². The van der Waals surface area contributed by atoms with Crippen molar-refractivity contribution in [3.05, 3.63) is 29.8 Å². The summed E-state index contributed by atoms with van der Waals surface area (Å²) in [7, 11) is -12.2. The van der Waals surface area contributed by atoms with Gasteiger partial charge in [-0.3, -0.25) is 0 Å². The molecule has 1 fully saturated rings. The fourth-order valence-corrected chi connectivity index (χ4v) is 6.27. The van der Waals surface area contributed by atoms with Gasteiger partial charge in [0.25, 0.3) is 0 Å². The van der Waals surface area contributed by atoms with Crippen LogP contribution < -0.4 is 4.52 Å². The molecule has 114 valence electrons. The molecule has 1 aromatic rings. The summed E-state index contributed by atoms with van der Waals surface area (Å²) in [4.78, 5) is 47.9. The molecular weight excluding hydrogens is 337 g/mol. The molecule has 1 aliphatic heterocycles. The predicted octanol–water partition coefficient (Wildman–Crippen LogP) is 0.843. The van der Waals surface area contributed by atoms with Gasteiger partial charge in [-0.2, -0.15) is 0 Å². The average molecular weight is 348 g/mol. The molecule has 2 rings (SSSR count). The molecule has 10 nitrogen and oxygen atoms in total. The Kier molecular flexibility index (Phi) is 4.53. The van der Waals surface area contributed by atoms with Crippen LogP contribution in [0.5, 0.6) is 5.75 Å². The molecule has 1 heterocycles. The average Bonchev–Trinajstić information content (AvgIpc) is 2.24. The van der Waals surface area contributed by atoms with E-state index in [0.29, 0.717) is 0 Å². The van der Waals surface area contributed by atoms with Crippen LogP contribution in [0.25, 0.3) is 0 Å². The van der Waals surface area contributed by atoms with E-state index >= 15 is 0 Å². The molecule has 1 saturated heterocycles. The van der Waals surface area contributed by atoms with E-state index in [0.717, 1.165) is 0 Å². The molecule has 0 aliphatic carbocycles. The van der Waals surface area contributed by atoms with Crippen LogP contribution in [0.1, 0.15) is 10.4 Å². The van der Waals surface area contributed by atoms with Gasteiger partial charge in [-0.05, 0) is 0 Å². The third-order valence-electron chi connectivity index (χ3n) is 1.94. The Balaban J connectivity index is 2.20. The van der Waals surface area contributed by atoms with Crippen LogP contribution in [0, 0.1) is 0 Å². The third-order valence-corrected chi connectivity index (χ3v) is 7.51. The standard InChI is InChI=1S/C7H11O10P3/c8-7(9)5-3-1-2-4-6(5)14-18-15-19(10,11)17-20(12,13)16-18/h1-4,10-13,19-20H,(H,8,9). The summed E-state index contributed by atoms with van der Waals surface area (Å²) in [6, 6.07) is 5.41. The van der Waals surface area contributed by atoms with Crippen molar-refractivity contribution in [1.29, 1.82) is 0 Å². The number of hydrogen-bond acceptors (Lipinski definition) is 9. The first-order valence-corrected chi connectivity index (χ1v) is 9.49. The zero-order valence-electron chi connectivity index (χ0n) is 9.53. The van der Waals surface area contributed by atoms with Gasteiger partial charge in [0.1, 0.15) is 0 Å². The van der Waals surface area contributed by atoms with Crippen LogP contribution in [0.2, 0.25) is 0 Å². The van der Waals surface area contributed by atoms with Crippen LogP contribution >= 0.6 is 24.9 Å². The van der Waals surface area contributed by atoms with E-state index in [4.69, 9.17) is 9.63 Å². The normalized spacial score (nSPS) is 27.3. The molecule has 0 saturated carbocycles. The number of rotatable bonds is 3. The SMILES string of the molecule is O=C(O)c1ccccc1OP1O[PH](O)(O)O[PH](O)(O)O1. The molecule has 1 aromatic carbocycles. The Morgan fingerprint density at radius 3 is 2.20 bits per heavy atom. The Labute approximate surface area is 114 Å². The van der Waals surface area contributed by atoms with Gasteiger partial charge in [0.05, 0.1) is 0 Å². The minimum atomic E-state index is -4.79. The maximum atomic E-state index is 11.0. The summed E-state index contributed by atoms with van der Waals surface area (Å²) >= 11 is 0. The summed E-state index contributed by atoms with van der Waals surface area (Å²) in [5.41, 5.74) is -0.236. The number of carbonyl (C=O) groups is 1. The van der Waals surface area contributed by atoms with Crippen LogP contribution in [0.3, 0.4) is 0 Å². The summed E-state index contributed by atoms with van der Waals surface area (Å²) in [5, 5.41) is 8.94. The van der Waals surface area contributed by atoms with Gasteiger partial charge in [-0.1, -0.05) is 0 Å². The zero-order valence-corrected chi connectivity index (χ0v) is 12.4. The van der Waals surface area contributed by atoms with E-state index in [2.05, 4.69) is 12.9 Å². The molecule has 0 unspecified atom stereocenters. The van der Waals surface area contributed by atoms with Crippen molar-refractivity contribution in [2.45, 2.75) is 0 Å². The van der Waals surface area contributed by atoms with Crippen LogP contribution in [0.4, 0.5) is 0 Å². The quantitative estimate of drug-likeness (QED) is 0.496. The van der Waals surface area contributed by atoms with Gasteiger partial charge in [0.15, 0.2) is 0 Å². The van der Waals surface area contributed by atoms with Crippen molar-refractivity contribution in [3.63, 3.8) is 0 Å². The van der Waals surface area contributed by atoms with E-state index in [1.807, 2.05) is 0 Å². The number of aromatic carboxylic acids is 1. The number of para-hydroxylation sites is 1. The Hall–Kier alpha value is -0.500. The first-order chi connectivity index (χ1) is 9.19. The summed E-state index contributed by atoms with van der Waals surface area (Å²) in [6.07, 6.45) is 0. The number of carboxylic acids is 1. The van der Waals surface area contributed by atoms with Crippen LogP contribution in [0.15, 0.2) is 24.3 Å². The number of hydrogen-bond donors (Lipinski definition) is 5. The van der Waals surface area contributed by atoms with Crippen LogP contribution in [-0.2, 0) is 12.9 Å². The molecule has 20 heavy (non-hydrogen) atoms. The first kappa shape index (κ1) is 15.9. The predicted molar refractivity (Wildman–Crippen MR) is 69.7 cm³/mol. The van der Waals surface area contributed by atoms with Crippen molar-refractivity contribution in [3.8, 4) is 5.75 Å². The number of carboxylic acid groups (broad SMARTS) is 1. The van der Waals surface area contributed by atoms with Gasteiger partial charge in [-0.15, -0.1) is 0 Å². The van der Waals surface area contributed by atoms with Crippen molar-refractivity contribution in [2.24, 2.45) is 0 Å². The Morgan fingerprint density at radius 1 is 1.10 bits per heavy atom. The Morgan fingerprint density at radius 2 is 1.65 bits per heavy atom. The van der Waals surface area contributed by atoms with E-state index in [9.17, 15) is 24.4 Å². The maximum absolute atomic E-state index is 11.0. The molecule has 5 N–H and O–H groups in total. The fraction of sp³-hybridized carbons (Fsp3) is 0. The second kappa shape index (κ2) is 5.71. The molecule has 1 aliphatic rings. The van der Waals surface area contributed by atoms with Gasteiger partial charge in [0, 0.05) is 0 Å². The monoisotopic (exact) mass is 348 g/mol. The zero-order chi connectivity index (χ0) is 15.0. The first-order valence-electron chi connectivity index (χ1n) is 4.97. The van der Waals surface area contributed by atoms with Gasteiger partial charge >= 0.3 is 113 Å². The van der Waals surface area contributed by atoms with Crippen molar-refractivity contribution >= 4 is 30.9 Å². The molecule has 0 bridgehead atoms. The minimum absolute atomic E-state index is 0.192. The molecule has 0 amide bonds. The summed E-state index contributed by atoms with van der Waals surface area (Å²) in [6.45, 7) is 0. The molecular formula is C7H11O10P3. The van der Waals surface area contributed by atoms with Crippen LogP contribution in [-0.4, -0.2) is 30.6 Å². The number of benzene rings is 1. The van der Waals surface area contributed by atoms with Crippen molar-refractivity contribution in [2.75, 3.05) is 0 Å². The molecule has 0 aromatic heterocycles. The molecule has 13 heteroatoms. The molecule has 0 atom stereocenters.